The van der Waals surface area contributed by atoms with Gasteiger partial charge < -0.3 is 10.5 Å². The van der Waals surface area contributed by atoms with E-state index < -0.39 is 0 Å². The molecule has 2 N–H and O–H groups in total. The number of nitrogens with two attached hydrogens (primary N) is 1. The van der Waals surface area contributed by atoms with Crippen molar-refractivity contribution in [2.45, 2.75) is 30.7 Å². The molecule has 3 atom stereocenters. The van der Waals surface area contributed by atoms with Gasteiger partial charge in [-0.25, -0.2) is 0 Å². The normalized spacial score (nSPS) is 36.1. The SMILES string of the molecule is COC(=O)C1CCC(Cl)C(N)C1. The lowest BCUT2D eigenvalue weighted by atomic mass is 9.86. The highest BCUT2D eigenvalue weighted by Crippen LogP contribution is 2.27. The third kappa shape index (κ3) is 2.11. The molecule has 0 spiro atoms. The summed E-state index contributed by atoms with van der Waals surface area (Å²) in [6.07, 6.45) is 2.26. The minimum atomic E-state index is -0.158. The molecule has 4 heteroatoms. The molecular weight excluding hydrogens is 178 g/mol. The number of halogens is 1. The van der Waals surface area contributed by atoms with Crippen LogP contribution in [0.5, 0.6) is 0 Å². The van der Waals surface area contributed by atoms with Gasteiger partial charge in [-0.1, -0.05) is 0 Å². The number of methoxy groups -OCH3 is 1. The number of carbonyl (C=O) groups is 1. The zero-order valence-corrected chi connectivity index (χ0v) is 7.88. The van der Waals surface area contributed by atoms with E-state index in [2.05, 4.69) is 4.74 Å². The first-order valence-electron chi connectivity index (χ1n) is 4.12. The van der Waals surface area contributed by atoms with E-state index in [9.17, 15) is 4.79 Å². The van der Waals surface area contributed by atoms with E-state index in [1.807, 2.05) is 0 Å². The smallest absolute Gasteiger partial charge is 0.308 e. The van der Waals surface area contributed by atoms with Crippen LogP contribution < -0.4 is 5.73 Å². The summed E-state index contributed by atoms with van der Waals surface area (Å²) >= 11 is 5.90. The van der Waals surface area contributed by atoms with Gasteiger partial charge in [-0.2, -0.15) is 0 Å². The van der Waals surface area contributed by atoms with E-state index in [-0.39, 0.29) is 23.3 Å². The second-order valence-electron chi connectivity index (χ2n) is 3.21. The van der Waals surface area contributed by atoms with E-state index in [0.717, 1.165) is 12.8 Å². The number of hydrogen-bond donors (Lipinski definition) is 1. The Morgan fingerprint density at radius 2 is 2.25 bits per heavy atom. The molecule has 12 heavy (non-hydrogen) atoms. The first kappa shape index (κ1) is 9.81. The second-order valence-corrected chi connectivity index (χ2v) is 3.77. The first-order valence-corrected chi connectivity index (χ1v) is 4.56. The second kappa shape index (κ2) is 4.10. The van der Waals surface area contributed by atoms with Gasteiger partial charge in [-0.15, -0.1) is 11.6 Å². The summed E-state index contributed by atoms with van der Waals surface area (Å²) in [7, 11) is 1.40. The Labute approximate surface area is 77.2 Å². The Balaban J connectivity index is 2.45. The van der Waals surface area contributed by atoms with Gasteiger partial charge in [0.1, 0.15) is 0 Å². The number of hydrogen-bond acceptors (Lipinski definition) is 3. The molecule has 1 aliphatic rings. The van der Waals surface area contributed by atoms with Crippen LogP contribution in [0.2, 0.25) is 0 Å². The fraction of sp³-hybridized carbons (Fsp3) is 0.875. The fourth-order valence-corrected chi connectivity index (χ4v) is 1.78. The van der Waals surface area contributed by atoms with Crippen molar-refractivity contribution in [2.24, 2.45) is 11.7 Å². The maximum absolute atomic E-state index is 11.1. The van der Waals surface area contributed by atoms with Gasteiger partial charge in [0.05, 0.1) is 13.0 Å². The van der Waals surface area contributed by atoms with Crippen LogP contribution in [0, 0.1) is 5.92 Å². The van der Waals surface area contributed by atoms with Crippen LogP contribution in [0.15, 0.2) is 0 Å². The molecule has 1 rings (SSSR count). The molecule has 0 aliphatic heterocycles. The van der Waals surface area contributed by atoms with E-state index in [0.29, 0.717) is 6.42 Å². The molecule has 3 nitrogen and oxygen atoms in total. The van der Waals surface area contributed by atoms with Crippen LogP contribution in [0.4, 0.5) is 0 Å². The lowest BCUT2D eigenvalue weighted by Gasteiger charge is -2.28. The number of rotatable bonds is 1. The third-order valence-corrected chi connectivity index (χ3v) is 2.89. The lowest BCUT2D eigenvalue weighted by Crippen LogP contribution is -2.39. The van der Waals surface area contributed by atoms with Crippen molar-refractivity contribution in [3.8, 4) is 0 Å². The maximum Gasteiger partial charge on any atom is 0.308 e. The largest absolute Gasteiger partial charge is 0.469 e. The maximum atomic E-state index is 11.1. The highest BCUT2D eigenvalue weighted by molar-refractivity contribution is 6.21. The monoisotopic (exact) mass is 191 g/mol. The summed E-state index contributed by atoms with van der Waals surface area (Å²) in [4.78, 5) is 11.1. The molecule has 0 bridgehead atoms. The molecule has 0 saturated heterocycles. The van der Waals surface area contributed by atoms with Crippen LogP contribution in [0.1, 0.15) is 19.3 Å². The Kier molecular flexibility index (Phi) is 3.35. The zero-order chi connectivity index (χ0) is 9.14. The standard InChI is InChI=1S/C8H14ClNO2/c1-12-8(11)5-2-3-6(9)7(10)4-5/h5-7H,2-4,10H2,1H3. The molecule has 0 aromatic rings. The van der Waals surface area contributed by atoms with Crippen molar-refractivity contribution < 1.29 is 9.53 Å². The van der Waals surface area contributed by atoms with Gasteiger partial charge in [0.25, 0.3) is 0 Å². The van der Waals surface area contributed by atoms with Crippen molar-refractivity contribution in [3.05, 3.63) is 0 Å². The van der Waals surface area contributed by atoms with E-state index >= 15 is 0 Å². The Morgan fingerprint density at radius 3 is 2.75 bits per heavy atom. The summed E-state index contributed by atoms with van der Waals surface area (Å²) in [5, 5.41) is 0.0194. The molecule has 3 unspecified atom stereocenters. The molecule has 0 amide bonds. The number of esters is 1. The molecule has 0 radical (unpaired) electrons. The van der Waals surface area contributed by atoms with Gasteiger partial charge in [0, 0.05) is 11.4 Å². The van der Waals surface area contributed by atoms with Crippen LogP contribution >= 0.6 is 11.6 Å². The Bertz CT molecular complexity index is 174. The Morgan fingerprint density at radius 1 is 1.58 bits per heavy atom. The topological polar surface area (TPSA) is 52.3 Å². The van der Waals surface area contributed by atoms with Crippen LogP contribution in [-0.2, 0) is 9.53 Å². The van der Waals surface area contributed by atoms with Gasteiger partial charge in [0.2, 0.25) is 0 Å². The molecule has 1 aliphatic carbocycles. The average Bonchev–Trinajstić information content (AvgIpc) is 2.08. The van der Waals surface area contributed by atoms with Crippen molar-refractivity contribution >= 4 is 17.6 Å². The van der Waals surface area contributed by atoms with Crippen molar-refractivity contribution in [3.63, 3.8) is 0 Å². The predicted octanol–water partition coefficient (Wildman–Crippen LogP) is 0.894. The summed E-state index contributed by atoms with van der Waals surface area (Å²) in [6, 6.07) is -0.0653. The summed E-state index contributed by atoms with van der Waals surface area (Å²) in [6.45, 7) is 0. The van der Waals surface area contributed by atoms with Crippen molar-refractivity contribution in [1.82, 2.24) is 0 Å². The van der Waals surface area contributed by atoms with Gasteiger partial charge in [-0.05, 0) is 19.3 Å². The summed E-state index contributed by atoms with van der Waals surface area (Å²) in [5.74, 6) is -0.200. The minimum Gasteiger partial charge on any atom is -0.469 e. The van der Waals surface area contributed by atoms with Crippen LogP contribution in [0.25, 0.3) is 0 Å². The average molecular weight is 192 g/mol. The van der Waals surface area contributed by atoms with Crippen molar-refractivity contribution in [1.29, 1.82) is 0 Å². The van der Waals surface area contributed by atoms with Crippen LogP contribution in [-0.4, -0.2) is 24.5 Å². The van der Waals surface area contributed by atoms with E-state index in [4.69, 9.17) is 17.3 Å². The molecule has 0 heterocycles. The molecule has 1 fully saturated rings. The van der Waals surface area contributed by atoms with E-state index in [1.165, 1.54) is 7.11 Å². The molecule has 1 saturated carbocycles. The number of carbonyl (C=O) groups excluding carboxylic acids is 1. The van der Waals surface area contributed by atoms with Crippen LogP contribution in [0.3, 0.4) is 0 Å². The molecule has 0 aromatic heterocycles. The van der Waals surface area contributed by atoms with Crippen molar-refractivity contribution in [2.75, 3.05) is 7.11 Å². The molecule has 70 valence electrons. The lowest BCUT2D eigenvalue weighted by molar-refractivity contribution is -0.146. The predicted molar refractivity (Wildman–Crippen MR) is 47.0 cm³/mol. The Hall–Kier alpha value is -0.280. The molecular formula is C8H14ClNO2. The third-order valence-electron chi connectivity index (χ3n) is 2.35. The zero-order valence-electron chi connectivity index (χ0n) is 7.13. The summed E-state index contributed by atoms with van der Waals surface area (Å²) < 4.78 is 4.64. The number of ether oxygens (including phenoxy) is 1. The highest BCUT2D eigenvalue weighted by atomic mass is 35.5. The minimum absolute atomic E-state index is 0.0194. The quantitative estimate of drug-likeness (QED) is 0.495. The van der Waals surface area contributed by atoms with E-state index in [1.54, 1.807) is 0 Å². The summed E-state index contributed by atoms with van der Waals surface area (Å²) in [5.41, 5.74) is 5.72. The number of alkyl halides is 1. The molecule has 0 aromatic carbocycles. The van der Waals surface area contributed by atoms with Gasteiger partial charge in [0.15, 0.2) is 0 Å². The van der Waals surface area contributed by atoms with Gasteiger partial charge >= 0.3 is 5.97 Å². The fourth-order valence-electron chi connectivity index (χ4n) is 1.55. The van der Waals surface area contributed by atoms with Gasteiger partial charge in [-0.3, -0.25) is 4.79 Å². The highest BCUT2D eigenvalue weighted by Gasteiger charge is 2.31. The first-order chi connectivity index (χ1) is 5.65.